The van der Waals surface area contributed by atoms with Gasteiger partial charge in [0.05, 0.1) is 106 Å². The number of rotatable bonds is 0. The molecule has 0 spiro atoms. The molecule has 0 saturated heterocycles. The fourth-order valence-electron chi connectivity index (χ4n) is 7.89. The molecule has 0 amide bonds. The molecule has 64 heavy (non-hydrogen) atoms. The molecule has 0 atom stereocenters. The third-order valence-electron chi connectivity index (χ3n) is 10.6. The second-order valence-electron chi connectivity index (χ2n) is 15.4. The zero-order valence-electron chi connectivity index (χ0n) is 36.3. The largest absolute Gasteiger partial charge is 0.508 e. The summed E-state index contributed by atoms with van der Waals surface area (Å²) in [6.07, 6.45) is 0.663. The molecule has 7 rings (SSSR count). The number of hydrogen-bond acceptors (Lipinski definition) is 16. The maximum Gasteiger partial charge on any atom is 0.126 e. The molecule has 0 unspecified atom stereocenters. The van der Waals surface area contributed by atoms with E-state index in [0.717, 1.165) is 0 Å². The van der Waals surface area contributed by atoms with Crippen molar-refractivity contribution < 1.29 is 77.3 Å². The van der Waals surface area contributed by atoms with Crippen molar-refractivity contribution in [2.45, 2.75) is 25.7 Å². The van der Waals surface area contributed by atoms with E-state index >= 15 is 0 Å². The summed E-state index contributed by atoms with van der Waals surface area (Å²) in [6.45, 7) is 6.14. The summed E-state index contributed by atoms with van der Waals surface area (Å²) >= 11 is 0. The first kappa shape index (κ1) is 46.9. The molecule has 0 radical (unpaired) electrons. The third kappa shape index (κ3) is 14.0. The van der Waals surface area contributed by atoms with E-state index in [0.29, 0.717) is 147 Å². The maximum absolute atomic E-state index is 11.4. The predicted octanol–water partition coefficient (Wildman–Crippen LogP) is 4.86. The van der Waals surface area contributed by atoms with Crippen molar-refractivity contribution in [3.05, 3.63) is 93.0 Å². The van der Waals surface area contributed by atoms with Crippen LogP contribution in [0.15, 0.2) is 48.5 Å². The molecular weight excluding hydrogens is 833 g/mol. The van der Waals surface area contributed by atoms with Crippen molar-refractivity contribution in [2.75, 3.05) is 132 Å². The molecule has 0 aromatic heterocycles. The van der Waals surface area contributed by atoms with Gasteiger partial charge in [-0.1, -0.05) is 0 Å². The Labute approximate surface area is 373 Å². The molecule has 4 aromatic rings. The minimum absolute atomic E-state index is 0.00897. The van der Waals surface area contributed by atoms with Crippen LogP contribution in [0.25, 0.3) is 0 Å². The molecule has 2 aliphatic heterocycles. The molecule has 4 N–H and O–H groups in total. The second-order valence-corrected chi connectivity index (χ2v) is 15.4. The standard InChI is InChI=1S/C48H60O16/c49-41-25-33-21-37-29-43(51)31-39-23-35-27-42(50)28-36-24-40-32-44(52)30-38(48(40)64-20-16-60-12-8-56-4-3-55-7-11-59-15-19-63-47(37)39)22-34(26-41)45(33)61-17-13-57-9-5-53-1-2-54-6-10-58-14-18-62-46(35)36/h25-32,49-52H,1-24H2. The van der Waals surface area contributed by atoms with E-state index in [-0.39, 0.29) is 102 Å². The van der Waals surface area contributed by atoms with Crippen LogP contribution in [0.1, 0.15) is 44.5 Å². The van der Waals surface area contributed by atoms with Gasteiger partial charge in [0.2, 0.25) is 0 Å². The monoisotopic (exact) mass is 892 g/mol. The van der Waals surface area contributed by atoms with E-state index in [2.05, 4.69) is 0 Å². The Kier molecular flexibility index (Phi) is 18.2. The van der Waals surface area contributed by atoms with Gasteiger partial charge in [-0.25, -0.2) is 0 Å². The van der Waals surface area contributed by atoms with Crippen LogP contribution in [0.2, 0.25) is 0 Å². The first-order chi connectivity index (χ1) is 31.4. The highest BCUT2D eigenvalue weighted by Gasteiger charge is 2.25. The fraction of sp³-hybridized carbons (Fsp3) is 0.500. The average Bonchev–Trinajstić information content (AvgIpc) is 3.25. The van der Waals surface area contributed by atoms with Gasteiger partial charge in [0.15, 0.2) is 0 Å². The number of hydrogen-bond donors (Lipinski definition) is 4. The van der Waals surface area contributed by atoms with Gasteiger partial charge >= 0.3 is 0 Å². The molecule has 2 heterocycles. The highest BCUT2D eigenvalue weighted by atomic mass is 16.6. The summed E-state index contributed by atoms with van der Waals surface area (Å²) in [5.74, 6) is 1.92. The van der Waals surface area contributed by atoms with Crippen LogP contribution in [0, 0.1) is 0 Å². The lowest BCUT2D eigenvalue weighted by molar-refractivity contribution is -0.00706. The Morgan fingerprint density at radius 3 is 0.516 bits per heavy atom. The normalized spacial score (nSPS) is 18.6. The predicted molar refractivity (Wildman–Crippen MR) is 232 cm³/mol. The zero-order chi connectivity index (χ0) is 44.4. The van der Waals surface area contributed by atoms with Crippen LogP contribution in [-0.4, -0.2) is 153 Å². The lowest BCUT2D eigenvalue weighted by Crippen LogP contribution is -2.15. The lowest BCUT2D eigenvalue weighted by atomic mass is 9.90. The molecular formula is C48H60O16. The van der Waals surface area contributed by atoms with Crippen molar-refractivity contribution in [1.29, 1.82) is 0 Å². The molecule has 348 valence electrons. The van der Waals surface area contributed by atoms with Crippen molar-refractivity contribution in [2.24, 2.45) is 0 Å². The third-order valence-corrected chi connectivity index (χ3v) is 10.6. The van der Waals surface area contributed by atoms with Crippen LogP contribution in [0.3, 0.4) is 0 Å². The summed E-state index contributed by atoms with van der Waals surface area (Å²) < 4.78 is 72.5. The highest BCUT2D eigenvalue weighted by molar-refractivity contribution is 5.60. The highest BCUT2D eigenvalue weighted by Crippen LogP contribution is 2.43. The minimum Gasteiger partial charge on any atom is -0.508 e. The minimum atomic E-state index is -0.00897. The molecule has 12 bridgehead atoms. The first-order valence-electron chi connectivity index (χ1n) is 21.9. The van der Waals surface area contributed by atoms with Crippen molar-refractivity contribution in [1.82, 2.24) is 0 Å². The van der Waals surface area contributed by atoms with E-state index < -0.39 is 0 Å². The number of benzene rings is 4. The van der Waals surface area contributed by atoms with E-state index in [1.807, 2.05) is 0 Å². The smallest absolute Gasteiger partial charge is 0.126 e. The molecule has 3 aliphatic rings. The number of phenolic OH excluding ortho intramolecular Hbond substituents is 4. The Hall–Kier alpha value is -5.04. The Bertz CT molecular complexity index is 1700. The van der Waals surface area contributed by atoms with Gasteiger partial charge < -0.3 is 77.3 Å². The van der Waals surface area contributed by atoms with Gasteiger partial charge in [-0.2, -0.15) is 0 Å². The Morgan fingerprint density at radius 1 is 0.219 bits per heavy atom. The maximum atomic E-state index is 11.4. The van der Waals surface area contributed by atoms with Gasteiger partial charge in [0.1, 0.15) is 72.4 Å². The van der Waals surface area contributed by atoms with Gasteiger partial charge in [-0.15, -0.1) is 0 Å². The van der Waals surface area contributed by atoms with Crippen LogP contribution in [0.4, 0.5) is 0 Å². The molecule has 1 aliphatic carbocycles. The van der Waals surface area contributed by atoms with E-state index in [1.54, 1.807) is 48.5 Å². The van der Waals surface area contributed by atoms with Gasteiger partial charge in [0.25, 0.3) is 0 Å². The summed E-state index contributed by atoms with van der Waals surface area (Å²) in [4.78, 5) is 0. The van der Waals surface area contributed by atoms with Crippen molar-refractivity contribution in [3.63, 3.8) is 0 Å². The summed E-state index contributed by atoms with van der Waals surface area (Å²) in [7, 11) is 0. The summed E-state index contributed by atoms with van der Waals surface area (Å²) in [6, 6.07) is 13.1. The van der Waals surface area contributed by atoms with E-state index in [1.165, 1.54) is 0 Å². The Balaban J connectivity index is 1.40. The molecule has 0 fully saturated rings. The number of phenols is 4. The average molecular weight is 893 g/mol. The van der Waals surface area contributed by atoms with E-state index in [9.17, 15) is 20.4 Å². The van der Waals surface area contributed by atoms with Gasteiger partial charge in [-0.05, 0) is 48.5 Å². The van der Waals surface area contributed by atoms with Gasteiger partial charge in [0, 0.05) is 70.2 Å². The van der Waals surface area contributed by atoms with Crippen LogP contribution >= 0.6 is 0 Å². The molecule has 16 heteroatoms. The van der Waals surface area contributed by atoms with Crippen LogP contribution < -0.4 is 18.9 Å². The fourth-order valence-corrected chi connectivity index (χ4v) is 7.89. The zero-order valence-corrected chi connectivity index (χ0v) is 36.3. The second kappa shape index (κ2) is 24.9. The number of ether oxygens (including phenoxy) is 12. The van der Waals surface area contributed by atoms with Crippen molar-refractivity contribution >= 4 is 0 Å². The first-order valence-corrected chi connectivity index (χ1v) is 21.9. The van der Waals surface area contributed by atoms with Crippen molar-refractivity contribution in [3.8, 4) is 46.0 Å². The molecule has 16 nitrogen and oxygen atoms in total. The molecule has 0 saturated carbocycles. The van der Waals surface area contributed by atoms with Crippen LogP contribution in [0.5, 0.6) is 46.0 Å². The van der Waals surface area contributed by atoms with Gasteiger partial charge in [-0.3, -0.25) is 0 Å². The lowest BCUT2D eigenvalue weighted by Gasteiger charge is -2.23. The SMILES string of the molecule is Oc1cc2c3c(c1)Cc1cc(O)cc4c1OCCOCCOCCOCCOCCOc1c(cc(O)cc1Cc1cc(O)cc(c1OCCOCCOCCOCCOCCO3)C4)C2. The Morgan fingerprint density at radius 2 is 0.359 bits per heavy atom. The van der Waals surface area contributed by atoms with Crippen LogP contribution in [-0.2, 0) is 63.6 Å². The number of aromatic hydroxyl groups is 4. The topological polar surface area (TPSA) is 192 Å². The molecule has 4 aromatic carbocycles. The summed E-state index contributed by atoms with van der Waals surface area (Å²) in [5.41, 5.74) is 4.88. The quantitative estimate of drug-likeness (QED) is 0.165. The van der Waals surface area contributed by atoms with E-state index in [4.69, 9.17) is 56.8 Å². The summed E-state index contributed by atoms with van der Waals surface area (Å²) in [5, 5.41) is 45.5.